The molecule has 0 radical (unpaired) electrons. The summed E-state index contributed by atoms with van der Waals surface area (Å²) in [7, 11) is 1.66. The van der Waals surface area contributed by atoms with E-state index in [2.05, 4.69) is 4.90 Å². The van der Waals surface area contributed by atoms with E-state index in [-0.39, 0.29) is 11.2 Å². The van der Waals surface area contributed by atoms with Crippen LogP contribution in [0.5, 0.6) is 5.75 Å². The van der Waals surface area contributed by atoms with Crippen LogP contribution in [0.1, 0.15) is 40.9 Å². The molecule has 4 heteroatoms. The Morgan fingerprint density at radius 3 is 2.84 bits per heavy atom. The molecule has 0 saturated carbocycles. The summed E-state index contributed by atoms with van der Waals surface area (Å²) in [5.41, 5.74) is 2.77. The van der Waals surface area contributed by atoms with E-state index in [1.807, 2.05) is 38.1 Å². The average Bonchev–Trinajstić information content (AvgIpc) is 3.14. The van der Waals surface area contributed by atoms with Crippen LogP contribution < -0.4 is 4.74 Å². The third-order valence-electron chi connectivity index (χ3n) is 5.79. The van der Waals surface area contributed by atoms with Crippen molar-refractivity contribution in [3.05, 3.63) is 41.2 Å². The number of fused-ring (bicyclic) bond motifs is 2. The minimum Gasteiger partial charge on any atom is -0.496 e. The van der Waals surface area contributed by atoms with Crippen LogP contribution in [-0.2, 0) is 0 Å². The smallest absolute Gasteiger partial charge is 0.205 e. The predicted octanol–water partition coefficient (Wildman–Crippen LogP) is 4.24. The highest BCUT2D eigenvalue weighted by Crippen LogP contribution is 2.43. The van der Waals surface area contributed by atoms with Gasteiger partial charge in [-0.25, -0.2) is 0 Å². The van der Waals surface area contributed by atoms with E-state index in [1.165, 1.54) is 0 Å². The van der Waals surface area contributed by atoms with Crippen LogP contribution in [0.25, 0.3) is 11.3 Å². The molecule has 25 heavy (non-hydrogen) atoms. The Morgan fingerprint density at radius 1 is 1.20 bits per heavy atom. The van der Waals surface area contributed by atoms with E-state index in [4.69, 9.17) is 9.15 Å². The number of Topliss-reactive ketones (excluding diaryl/α,β-unsaturated/α-hetero) is 1. The average molecular weight is 339 g/mol. The van der Waals surface area contributed by atoms with Gasteiger partial charge in [0.05, 0.1) is 18.1 Å². The Balaban J connectivity index is 1.70. The molecule has 1 aromatic heterocycles. The molecular weight excluding hydrogens is 314 g/mol. The van der Waals surface area contributed by atoms with Crippen molar-refractivity contribution in [2.75, 3.05) is 26.7 Å². The summed E-state index contributed by atoms with van der Waals surface area (Å²) in [6.45, 7) is 7.07. The number of furan rings is 1. The minimum atomic E-state index is -0.239. The Kier molecular flexibility index (Phi) is 3.95. The molecule has 4 rings (SSSR count). The number of carbonyl (C=O) groups excluding carboxylic acids is 1. The van der Waals surface area contributed by atoms with E-state index in [1.54, 1.807) is 7.11 Å². The van der Waals surface area contributed by atoms with Gasteiger partial charge in [0.25, 0.3) is 0 Å². The fraction of sp³-hybridized carbons (Fsp3) is 0.476. The number of carbonyl (C=O) groups is 1. The maximum Gasteiger partial charge on any atom is 0.205 e. The van der Waals surface area contributed by atoms with Crippen molar-refractivity contribution >= 4 is 5.78 Å². The molecule has 2 fully saturated rings. The second kappa shape index (κ2) is 6.03. The third-order valence-corrected chi connectivity index (χ3v) is 5.79. The van der Waals surface area contributed by atoms with Crippen molar-refractivity contribution < 1.29 is 13.9 Å². The molecule has 1 aromatic carbocycles. The molecular formula is C21H25NO3. The standard InChI is InChI=1S/C21H25NO3/c1-14-5-6-16(17(11-14)24-3)19-15(2)12-18(25-19)20(23)21-7-4-9-22(13-21)10-8-21/h5-6,11-12H,4,7-10,13H2,1-3H3. The molecule has 2 atom stereocenters. The number of benzene rings is 1. The molecule has 3 heterocycles. The van der Waals surface area contributed by atoms with E-state index in [0.717, 1.165) is 67.1 Å². The lowest BCUT2D eigenvalue weighted by Gasteiger charge is -2.31. The zero-order valence-corrected chi connectivity index (χ0v) is 15.2. The van der Waals surface area contributed by atoms with Gasteiger partial charge in [-0.2, -0.15) is 0 Å². The second-order valence-corrected chi connectivity index (χ2v) is 7.57. The molecule has 2 aliphatic rings. The summed E-state index contributed by atoms with van der Waals surface area (Å²) < 4.78 is 11.6. The van der Waals surface area contributed by atoms with E-state index in [0.29, 0.717) is 5.76 Å². The van der Waals surface area contributed by atoms with Crippen molar-refractivity contribution in [2.45, 2.75) is 33.1 Å². The van der Waals surface area contributed by atoms with Gasteiger partial charge in [-0.05, 0) is 75.5 Å². The van der Waals surface area contributed by atoms with Gasteiger partial charge in [-0.15, -0.1) is 0 Å². The van der Waals surface area contributed by atoms with E-state index < -0.39 is 0 Å². The third kappa shape index (κ3) is 2.69. The fourth-order valence-corrected chi connectivity index (χ4v) is 4.40. The van der Waals surface area contributed by atoms with Gasteiger partial charge in [0.1, 0.15) is 11.5 Å². The molecule has 2 aliphatic heterocycles. The van der Waals surface area contributed by atoms with Gasteiger partial charge in [-0.1, -0.05) is 6.07 Å². The normalized spacial score (nSPS) is 25.2. The summed E-state index contributed by atoms with van der Waals surface area (Å²) in [6, 6.07) is 7.94. The first kappa shape index (κ1) is 16.4. The lowest BCUT2D eigenvalue weighted by molar-refractivity contribution is 0.0709. The molecule has 4 nitrogen and oxygen atoms in total. The van der Waals surface area contributed by atoms with Crippen LogP contribution in [0.15, 0.2) is 28.7 Å². The first-order valence-electron chi connectivity index (χ1n) is 9.05. The molecule has 2 aromatic rings. The number of hydrogen-bond acceptors (Lipinski definition) is 4. The fourth-order valence-electron chi connectivity index (χ4n) is 4.40. The van der Waals surface area contributed by atoms with Crippen LogP contribution in [-0.4, -0.2) is 37.4 Å². The number of ether oxygens (including phenoxy) is 1. The zero-order valence-electron chi connectivity index (χ0n) is 15.2. The highest BCUT2D eigenvalue weighted by molar-refractivity contribution is 5.99. The number of piperidine rings is 1. The summed E-state index contributed by atoms with van der Waals surface area (Å²) >= 11 is 0. The van der Waals surface area contributed by atoms with Crippen LogP contribution in [0.4, 0.5) is 0 Å². The number of hydrogen-bond donors (Lipinski definition) is 0. The summed E-state index contributed by atoms with van der Waals surface area (Å²) in [5, 5.41) is 0. The Labute approximate surface area is 148 Å². The molecule has 132 valence electrons. The zero-order chi connectivity index (χ0) is 17.6. The SMILES string of the molecule is COc1cc(C)ccc1-c1oc(C(=O)C23CCCN(CC2)C3)cc1C. The van der Waals surface area contributed by atoms with E-state index in [9.17, 15) is 4.79 Å². The monoisotopic (exact) mass is 339 g/mol. The second-order valence-electron chi connectivity index (χ2n) is 7.57. The maximum atomic E-state index is 13.2. The van der Waals surface area contributed by atoms with Crippen molar-refractivity contribution in [1.29, 1.82) is 0 Å². The number of methoxy groups -OCH3 is 1. The largest absolute Gasteiger partial charge is 0.496 e. The highest BCUT2D eigenvalue weighted by Gasteiger charge is 2.47. The summed E-state index contributed by atoms with van der Waals surface area (Å²) in [5.74, 6) is 2.19. The predicted molar refractivity (Wildman–Crippen MR) is 97.2 cm³/mol. The number of ketones is 1. The van der Waals surface area contributed by atoms with Crippen LogP contribution in [0.2, 0.25) is 0 Å². The van der Waals surface area contributed by atoms with Gasteiger partial charge < -0.3 is 14.1 Å². The van der Waals surface area contributed by atoms with Crippen LogP contribution in [0, 0.1) is 19.3 Å². The van der Waals surface area contributed by atoms with Crippen LogP contribution >= 0.6 is 0 Å². The van der Waals surface area contributed by atoms with Crippen molar-refractivity contribution in [1.82, 2.24) is 4.90 Å². The highest BCUT2D eigenvalue weighted by atomic mass is 16.5. The van der Waals surface area contributed by atoms with Crippen molar-refractivity contribution in [3.63, 3.8) is 0 Å². The van der Waals surface area contributed by atoms with Gasteiger partial charge in [0.15, 0.2) is 5.76 Å². The first-order chi connectivity index (χ1) is 12.0. The summed E-state index contributed by atoms with van der Waals surface area (Å²) in [4.78, 5) is 15.6. The quantitative estimate of drug-likeness (QED) is 0.782. The molecule has 2 saturated heterocycles. The topological polar surface area (TPSA) is 42.7 Å². The van der Waals surface area contributed by atoms with Gasteiger partial charge in [0, 0.05) is 6.54 Å². The van der Waals surface area contributed by atoms with Gasteiger partial charge >= 0.3 is 0 Å². The Bertz CT molecular complexity index is 819. The lowest BCUT2D eigenvalue weighted by Crippen LogP contribution is -2.39. The van der Waals surface area contributed by atoms with Crippen LogP contribution in [0.3, 0.4) is 0 Å². The maximum absolute atomic E-state index is 13.2. The van der Waals surface area contributed by atoms with E-state index >= 15 is 0 Å². The van der Waals surface area contributed by atoms with Gasteiger partial charge in [0.2, 0.25) is 5.78 Å². The van der Waals surface area contributed by atoms with Crippen molar-refractivity contribution in [3.8, 4) is 17.1 Å². The molecule has 0 N–H and O–H groups in total. The number of nitrogens with zero attached hydrogens (tertiary/aromatic N) is 1. The number of aryl methyl sites for hydroxylation is 2. The molecule has 2 bridgehead atoms. The van der Waals surface area contributed by atoms with Gasteiger partial charge in [-0.3, -0.25) is 4.79 Å². The number of rotatable bonds is 4. The molecule has 2 unspecified atom stereocenters. The Morgan fingerprint density at radius 2 is 2.04 bits per heavy atom. The molecule has 0 aliphatic carbocycles. The van der Waals surface area contributed by atoms with Crippen molar-refractivity contribution in [2.24, 2.45) is 5.41 Å². The lowest BCUT2D eigenvalue weighted by atomic mass is 9.76. The molecule has 0 spiro atoms. The summed E-state index contributed by atoms with van der Waals surface area (Å²) in [6.07, 6.45) is 3.03. The Hall–Kier alpha value is -2.07. The molecule has 0 amide bonds. The first-order valence-corrected chi connectivity index (χ1v) is 9.05. The minimum absolute atomic E-state index is 0.176.